The fraction of sp³-hybridized carbons (Fsp3) is 0.619. The zero-order chi connectivity index (χ0) is 21.4. The number of amides is 1. The monoisotopic (exact) mass is 424 g/mol. The minimum absolute atomic E-state index is 0.0680. The molecular weight excluding hydrogens is 392 g/mol. The second-order valence-corrected chi connectivity index (χ2v) is 9.73. The van der Waals surface area contributed by atoms with Crippen molar-refractivity contribution in [1.29, 1.82) is 0 Å². The first-order valence-corrected chi connectivity index (χ1v) is 11.9. The number of carbonyl (C=O) groups is 2. The van der Waals surface area contributed by atoms with Gasteiger partial charge in [0.05, 0.1) is 18.3 Å². The molecule has 7 nitrogen and oxygen atoms in total. The maximum atomic E-state index is 12.6. The predicted octanol–water partition coefficient (Wildman–Crippen LogP) is 3.01. The highest BCUT2D eigenvalue weighted by Gasteiger charge is 2.30. The van der Waals surface area contributed by atoms with Crippen LogP contribution in [0.3, 0.4) is 0 Å². The van der Waals surface area contributed by atoms with E-state index in [1.807, 2.05) is 13.0 Å². The molecule has 162 valence electrons. The molecule has 1 aromatic carbocycles. The Morgan fingerprint density at radius 2 is 1.86 bits per heavy atom. The Hall–Kier alpha value is -1.93. The highest BCUT2D eigenvalue weighted by atomic mass is 32.2. The number of carbonyl (C=O) groups excluding carboxylic acids is 2. The van der Waals surface area contributed by atoms with Crippen molar-refractivity contribution in [2.45, 2.75) is 70.6 Å². The normalized spacial score (nSPS) is 20.7. The summed E-state index contributed by atoms with van der Waals surface area (Å²) in [6, 6.07) is 7.08. The van der Waals surface area contributed by atoms with E-state index in [2.05, 4.69) is 10.0 Å². The van der Waals surface area contributed by atoms with Gasteiger partial charge in [-0.3, -0.25) is 9.59 Å². The number of benzene rings is 1. The lowest BCUT2D eigenvalue weighted by Gasteiger charge is -2.29. The summed E-state index contributed by atoms with van der Waals surface area (Å²) in [4.78, 5) is 24.2. The Bertz CT molecular complexity index is 801. The molecule has 1 aliphatic carbocycles. The van der Waals surface area contributed by atoms with Crippen LogP contribution in [0.15, 0.2) is 24.3 Å². The molecule has 0 heterocycles. The van der Waals surface area contributed by atoms with Crippen LogP contribution in [0.2, 0.25) is 0 Å². The first kappa shape index (κ1) is 23.3. The molecule has 0 bridgehead atoms. The summed E-state index contributed by atoms with van der Waals surface area (Å²) >= 11 is 0. The fourth-order valence-electron chi connectivity index (χ4n) is 3.42. The molecule has 1 unspecified atom stereocenters. The SMILES string of the molecule is CCOC(=O)Cc1cccc(NC(=O)C2CCC(NS(=O)(=O)C(C)CC)CC2)c1. The van der Waals surface area contributed by atoms with Gasteiger partial charge < -0.3 is 10.1 Å². The second kappa shape index (κ2) is 10.7. The molecule has 2 rings (SSSR count). The van der Waals surface area contributed by atoms with E-state index in [0.29, 0.717) is 44.4 Å². The highest BCUT2D eigenvalue weighted by Crippen LogP contribution is 2.26. The number of esters is 1. The number of hydrogen-bond acceptors (Lipinski definition) is 5. The molecule has 1 aliphatic rings. The van der Waals surface area contributed by atoms with Crippen molar-refractivity contribution in [2.24, 2.45) is 5.92 Å². The van der Waals surface area contributed by atoms with Crippen LogP contribution in [-0.2, 0) is 30.8 Å². The van der Waals surface area contributed by atoms with Crippen LogP contribution in [0.1, 0.15) is 58.4 Å². The van der Waals surface area contributed by atoms with Crippen molar-refractivity contribution in [2.75, 3.05) is 11.9 Å². The molecule has 0 aromatic heterocycles. The molecule has 1 saturated carbocycles. The standard InChI is InChI=1S/C21H32N2O5S/c1-4-15(3)29(26,27)23-18-11-9-17(10-12-18)21(25)22-19-8-6-7-16(13-19)14-20(24)28-5-2/h6-8,13,15,17-18,23H,4-5,9-12,14H2,1-3H3,(H,22,25). The van der Waals surface area contributed by atoms with E-state index < -0.39 is 15.3 Å². The van der Waals surface area contributed by atoms with Gasteiger partial charge in [-0.05, 0) is 63.6 Å². The van der Waals surface area contributed by atoms with Gasteiger partial charge in [0.25, 0.3) is 0 Å². The molecule has 8 heteroatoms. The van der Waals surface area contributed by atoms with Crippen molar-refractivity contribution in [1.82, 2.24) is 4.72 Å². The van der Waals surface area contributed by atoms with Gasteiger partial charge in [-0.15, -0.1) is 0 Å². The highest BCUT2D eigenvalue weighted by molar-refractivity contribution is 7.90. The van der Waals surface area contributed by atoms with Crippen LogP contribution >= 0.6 is 0 Å². The number of hydrogen-bond donors (Lipinski definition) is 2. The first-order chi connectivity index (χ1) is 13.7. The largest absolute Gasteiger partial charge is 0.466 e. The Balaban J connectivity index is 1.86. The minimum Gasteiger partial charge on any atom is -0.466 e. The van der Waals surface area contributed by atoms with Crippen molar-refractivity contribution in [3.63, 3.8) is 0 Å². The van der Waals surface area contributed by atoms with Crippen molar-refractivity contribution in [3.8, 4) is 0 Å². The summed E-state index contributed by atoms with van der Waals surface area (Å²) in [6.45, 7) is 5.66. The number of ether oxygens (including phenoxy) is 1. The quantitative estimate of drug-likeness (QED) is 0.594. The molecule has 29 heavy (non-hydrogen) atoms. The number of anilines is 1. The summed E-state index contributed by atoms with van der Waals surface area (Å²) in [5.74, 6) is -0.510. The van der Waals surface area contributed by atoms with E-state index in [0.717, 1.165) is 5.56 Å². The molecule has 0 aliphatic heterocycles. The topological polar surface area (TPSA) is 102 Å². The third-order valence-corrected chi connectivity index (χ3v) is 7.44. The molecule has 2 N–H and O–H groups in total. The lowest BCUT2D eigenvalue weighted by atomic mass is 9.86. The molecule has 1 fully saturated rings. The van der Waals surface area contributed by atoms with E-state index >= 15 is 0 Å². The smallest absolute Gasteiger partial charge is 0.310 e. The van der Waals surface area contributed by atoms with Crippen molar-refractivity contribution >= 4 is 27.6 Å². The second-order valence-electron chi connectivity index (χ2n) is 7.60. The van der Waals surface area contributed by atoms with Crippen LogP contribution in [0.25, 0.3) is 0 Å². The average Bonchev–Trinajstić information content (AvgIpc) is 2.68. The average molecular weight is 425 g/mol. The maximum absolute atomic E-state index is 12.6. The van der Waals surface area contributed by atoms with E-state index in [1.165, 1.54) is 0 Å². The fourth-order valence-corrected chi connectivity index (χ4v) is 4.79. The van der Waals surface area contributed by atoms with Crippen LogP contribution in [-0.4, -0.2) is 38.2 Å². The summed E-state index contributed by atoms with van der Waals surface area (Å²) < 4.78 is 32.2. The summed E-state index contributed by atoms with van der Waals surface area (Å²) in [5.41, 5.74) is 1.43. The summed E-state index contributed by atoms with van der Waals surface area (Å²) in [7, 11) is -3.30. The zero-order valence-corrected chi connectivity index (χ0v) is 18.3. The van der Waals surface area contributed by atoms with Crippen molar-refractivity contribution < 1.29 is 22.7 Å². The van der Waals surface area contributed by atoms with E-state index in [4.69, 9.17) is 4.74 Å². The third kappa shape index (κ3) is 7.12. The maximum Gasteiger partial charge on any atom is 0.310 e. The molecule has 1 atom stereocenters. The first-order valence-electron chi connectivity index (χ1n) is 10.3. The van der Waals surface area contributed by atoms with E-state index in [1.54, 1.807) is 32.0 Å². The van der Waals surface area contributed by atoms with Crippen LogP contribution in [0, 0.1) is 5.92 Å². The number of sulfonamides is 1. The Morgan fingerprint density at radius 3 is 2.48 bits per heavy atom. The van der Waals surface area contributed by atoms with E-state index in [9.17, 15) is 18.0 Å². The van der Waals surface area contributed by atoms with Gasteiger partial charge in [0.15, 0.2) is 0 Å². The molecule has 0 spiro atoms. The van der Waals surface area contributed by atoms with Gasteiger partial charge in [-0.2, -0.15) is 0 Å². The van der Waals surface area contributed by atoms with Gasteiger partial charge in [0.2, 0.25) is 15.9 Å². The van der Waals surface area contributed by atoms with Crippen LogP contribution < -0.4 is 10.0 Å². The summed E-state index contributed by atoms with van der Waals surface area (Å²) in [6.07, 6.45) is 3.32. The van der Waals surface area contributed by atoms with E-state index in [-0.39, 0.29) is 30.3 Å². The Kier molecular flexibility index (Phi) is 8.64. The summed E-state index contributed by atoms with van der Waals surface area (Å²) in [5, 5.41) is 2.51. The number of rotatable bonds is 9. The van der Waals surface area contributed by atoms with Gasteiger partial charge >= 0.3 is 5.97 Å². The lowest BCUT2D eigenvalue weighted by molar-refractivity contribution is -0.142. The molecule has 0 saturated heterocycles. The van der Waals surface area contributed by atoms with Crippen molar-refractivity contribution in [3.05, 3.63) is 29.8 Å². The van der Waals surface area contributed by atoms with Gasteiger partial charge in [-0.25, -0.2) is 13.1 Å². The molecule has 1 aromatic rings. The molecule has 0 radical (unpaired) electrons. The number of nitrogens with one attached hydrogen (secondary N) is 2. The van der Waals surface area contributed by atoms with Gasteiger partial charge in [0, 0.05) is 17.6 Å². The van der Waals surface area contributed by atoms with Gasteiger partial charge in [0.1, 0.15) is 0 Å². The minimum atomic E-state index is -3.30. The van der Waals surface area contributed by atoms with Crippen LogP contribution in [0.4, 0.5) is 5.69 Å². The molecule has 1 amide bonds. The lowest BCUT2D eigenvalue weighted by Crippen LogP contribution is -2.42. The Labute approximate surface area is 173 Å². The zero-order valence-electron chi connectivity index (χ0n) is 17.4. The molecular formula is C21H32N2O5S. The van der Waals surface area contributed by atoms with Gasteiger partial charge in [-0.1, -0.05) is 19.1 Å². The van der Waals surface area contributed by atoms with Crippen LogP contribution in [0.5, 0.6) is 0 Å². The Morgan fingerprint density at radius 1 is 1.17 bits per heavy atom. The third-order valence-electron chi connectivity index (χ3n) is 5.38. The predicted molar refractivity (Wildman–Crippen MR) is 113 cm³/mol.